The number of anilines is 2. The second-order valence-corrected chi connectivity index (χ2v) is 13.8. The van der Waals surface area contributed by atoms with Gasteiger partial charge >= 0.3 is 0 Å². The van der Waals surface area contributed by atoms with E-state index in [0.29, 0.717) is 22.6 Å². The Balaban J connectivity index is 1.21. The predicted octanol–water partition coefficient (Wildman–Crippen LogP) is 8.13. The number of hydrogen-bond acceptors (Lipinski definition) is 5. The van der Waals surface area contributed by atoms with Crippen molar-refractivity contribution in [3.63, 3.8) is 0 Å². The van der Waals surface area contributed by atoms with Gasteiger partial charge in [-0.15, -0.1) is 11.8 Å². The van der Waals surface area contributed by atoms with Gasteiger partial charge in [0.05, 0.1) is 11.4 Å². The highest BCUT2D eigenvalue weighted by atomic mass is 79.9. The van der Waals surface area contributed by atoms with E-state index in [2.05, 4.69) is 31.9 Å². The Kier molecular flexibility index (Phi) is 11.3. The molecule has 3 N–H and O–H groups in total. The van der Waals surface area contributed by atoms with Crippen molar-refractivity contribution in [3.05, 3.63) is 182 Å². The number of rotatable bonds is 11. The summed E-state index contributed by atoms with van der Waals surface area (Å²) < 4.78 is 4.07. The van der Waals surface area contributed by atoms with Crippen molar-refractivity contribution in [3.8, 4) is 5.69 Å². The lowest BCUT2D eigenvalue weighted by atomic mass is 10.1. The van der Waals surface area contributed by atoms with Gasteiger partial charge in [0, 0.05) is 27.7 Å². The first-order chi connectivity index (χ1) is 25.2. The summed E-state index contributed by atoms with van der Waals surface area (Å²) in [5.74, 6) is -1.28. The van der Waals surface area contributed by atoms with Crippen molar-refractivity contribution in [1.82, 2.24) is 14.7 Å². The molecule has 1 aromatic heterocycles. The Bertz CT molecular complexity index is 2310. The number of nitrogens with zero attached hydrogens (tertiary/aromatic N) is 2. The van der Waals surface area contributed by atoms with Crippen molar-refractivity contribution in [1.29, 1.82) is 0 Å². The number of amides is 3. The standard InChI is InChI=1S/C41H34BrN5O4S/c1-27-36(41(51)47(46(27)2)33-19-10-5-11-20-33)45-40(50)37(29-14-6-3-7-15-29)52-34-23-21-32(22-24-34)43-39(49)35(26-28-13-12-18-31(42)25-28)44-38(48)30-16-8-4-9-17-30/h3-26,37H,1-2H3,(H,43,49)(H,44,48)(H,45,50)/b35-26-. The molecule has 0 fully saturated rings. The first-order valence-electron chi connectivity index (χ1n) is 16.3. The van der Waals surface area contributed by atoms with Crippen molar-refractivity contribution < 1.29 is 14.4 Å². The van der Waals surface area contributed by atoms with Crippen molar-refractivity contribution in [2.24, 2.45) is 7.05 Å². The van der Waals surface area contributed by atoms with Crippen LogP contribution in [-0.4, -0.2) is 27.1 Å². The molecule has 0 aliphatic rings. The molecule has 9 nitrogen and oxygen atoms in total. The fourth-order valence-electron chi connectivity index (χ4n) is 5.46. The summed E-state index contributed by atoms with van der Waals surface area (Å²) in [6, 6.07) is 41.7. The number of aromatic nitrogens is 2. The van der Waals surface area contributed by atoms with Crippen LogP contribution >= 0.6 is 27.7 Å². The SMILES string of the molecule is Cc1c(NC(=O)C(Sc2ccc(NC(=O)/C(=C/c3cccc(Br)c3)NC(=O)c3ccccc3)cc2)c2ccccc2)c(=O)n(-c2ccccc2)n1C. The maximum atomic E-state index is 13.9. The molecule has 5 aromatic carbocycles. The number of para-hydroxylation sites is 1. The lowest BCUT2D eigenvalue weighted by Crippen LogP contribution is -2.30. The number of nitrogens with one attached hydrogen (secondary N) is 3. The van der Waals surface area contributed by atoms with E-state index in [4.69, 9.17) is 0 Å². The van der Waals surface area contributed by atoms with Crippen LogP contribution in [0.15, 0.2) is 159 Å². The van der Waals surface area contributed by atoms with Crippen LogP contribution in [0.3, 0.4) is 0 Å². The monoisotopic (exact) mass is 771 g/mol. The van der Waals surface area contributed by atoms with Gasteiger partial charge in [0.1, 0.15) is 16.6 Å². The molecule has 0 spiro atoms. The van der Waals surface area contributed by atoms with Crippen LogP contribution in [-0.2, 0) is 16.6 Å². The zero-order valence-corrected chi connectivity index (χ0v) is 30.6. The lowest BCUT2D eigenvalue weighted by Gasteiger charge is -2.17. The highest BCUT2D eigenvalue weighted by molar-refractivity contribution is 9.10. The Morgan fingerprint density at radius 1 is 0.769 bits per heavy atom. The molecule has 3 amide bonds. The van der Waals surface area contributed by atoms with Gasteiger partial charge in [0.2, 0.25) is 5.91 Å². The largest absolute Gasteiger partial charge is 0.321 e. The number of halogens is 1. The van der Waals surface area contributed by atoms with Gasteiger partial charge in [-0.25, -0.2) is 4.68 Å². The lowest BCUT2D eigenvalue weighted by molar-refractivity contribution is -0.116. The Labute approximate surface area is 313 Å². The number of carbonyl (C=O) groups is 3. The van der Waals surface area contributed by atoms with Crippen LogP contribution in [0.2, 0.25) is 0 Å². The Hall–Kier alpha value is -5.91. The van der Waals surface area contributed by atoms with E-state index < -0.39 is 17.1 Å². The minimum absolute atomic E-state index is 0.0637. The van der Waals surface area contributed by atoms with Gasteiger partial charge in [0.15, 0.2) is 0 Å². The van der Waals surface area contributed by atoms with Crippen molar-refractivity contribution in [2.75, 3.05) is 10.6 Å². The smallest absolute Gasteiger partial charge is 0.295 e. The quantitative estimate of drug-likeness (QED) is 0.0910. The summed E-state index contributed by atoms with van der Waals surface area (Å²) in [5.41, 5.74) is 3.64. The number of benzene rings is 5. The third-order valence-electron chi connectivity index (χ3n) is 8.20. The normalized spacial score (nSPS) is 11.8. The Morgan fingerprint density at radius 3 is 2.06 bits per heavy atom. The molecule has 260 valence electrons. The molecule has 0 aliphatic carbocycles. The Morgan fingerprint density at radius 2 is 1.40 bits per heavy atom. The van der Waals surface area contributed by atoms with Gasteiger partial charge < -0.3 is 16.0 Å². The molecule has 0 saturated heterocycles. The second kappa shape index (κ2) is 16.4. The molecule has 6 aromatic rings. The number of carbonyl (C=O) groups excluding carboxylic acids is 3. The minimum atomic E-state index is -0.696. The van der Waals surface area contributed by atoms with Crippen LogP contribution < -0.4 is 21.5 Å². The number of hydrogen-bond donors (Lipinski definition) is 3. The van der Waals surface area contributed by atoms with Gasteiger partial charge in [-0.05, 0) is 84.8 Å². The molecular formula is C41H34BrN5O4S. The van der Waals surface area contributed by atoms with Crippen LogP contribution in [0.1, 0.15) is 32.4 Å². The summed E-state index contributed by atoms with van der Waals surface area (Å²) in [6.45, 7) is 1.79. The van der Waals surface area contributed by atoms with Crippen LogP contribution in [0.5, 0.6) is 0 Å². The minimum Gasteiger partial charge on any atom is -0.321 e. The van der Waals surface area contributed by atoms with E-state index in [-0.39, 0.29) is 22.9 Å². The number of thioether (sulfide) groups is 1. The molecule has 0 bridgehead atoms. The van der Waals surface area contributed by atoms with Crippen LogP contribution in [0, 0.1) is 6.92 Å². The van der Waals surface area contributed by atoms with Crippen LogP contribution in [0.4, 0.5) is 11.4 Å². The molecule has 11 heteroatoms. The highest BCUT2D eigenvalue weighted by Crippen LogP contribution is 2.37. The summed E-state index contributed by atoms with van der Waals surface area (Å²) in [7, 11) is 1.78. The second-order valence-electron chi connectivity index (χ2n) is 11.7. The van der Waals surface area contributed by atoms with E-state index in [1.165, 1.54) is 16.4 Å². The molecule has 1 heterocycles. The van der Waals surface area contributed by atoms with Crippen molar-refractivity contribution in [2.45, 2.75) is 17.1 Å². The van der Waals surface area contributed by atoms with Crippen molar-refractivity contribution >= 4 is 62.9 Å². The van der Waals surface area contributed by atoms with E-state index in [9.17, 15) is 19.2 Å². The summed E-state index contributed by atoms with van der Waals surface area (Å²) in [5, 5.41) is 7.84. The maximum absolute atomic E-state index is 13.9. The van der Waals surface area contributed by atoms with Gasteiger partial charge in [-0.2, -0.15) is 0 Å². The molecule has 52 heavy (non-hydrogen) atoms. The fourth-order valence-corrected chi connectivity index (χ4v) is 6.90. The predicted molar refractivity (Wildman–Crippen MR) is 211 cm³/mol. The summed E-state index contributed by atoms with van der Waals surface area (Å²) >= 11 is 4.77. The summed E-state index contributed by atoms with van der Waals surface area (Å²) in [4.78, 5) is 54.8. The third-order valence-corrected chi connectivity index (χ3v) is 9.96. The molecule has 1 unspecified atom stereocenters. The molecule has 0 aliphatic heterocycles. The molecule has 0 radical (unpaired) electrons. The van der Waals surface area contributed by atoms with Gasteiger partial charge in [-0.3, -0.25) is 23.9 Å². The maximum Gasteiger partial charge on any atom is 0.295 e. The first kappa shape index (κ1) is 35.9. The highest BCUT2D eigenvalue weighted by Gasteiger charge is 2.26. The zero-order chi connectivity index (χ0) is 36.6. The van der Waals surface area contributed by atoms with E-state index in [1.54, 1.807) is 73.3 Å². The molecular weight excluding hydrogens is 738 g/mol. The third kappa shape index (κ3) is 8.51. The topological polar surface area (TPSA) is 114 Å². The average molecular weight is 773 g/mol. The summed E-state index contributed by atoms with van der Waals surface area (Å²) in [6.07, 6.45) is 1.61. The van der Waals surface area contributed by atoms with E-state index in [1.807, 2.05) is 91.0 Å². The molecule has 0 saturated carbocycles. The van der Waals surface area contributed by atoms with E-state index >= 15 is 0 Å². The molecule has 6 rings (SSSR count). The first-order valence-corrected chi connectivity index (χ1v) is 18.0. The zero-order valence-electron chi connectivity index (χ0n) is 28.2. The van der Waals surface area contributed by atoms with E-state index in [0.717, 1.165) is 20.5 Å². The molecule has 1 atom stereocenters. The van der Waals surface area contributed by atoms with Gasteiger partial charge in [0.25, 0.3) is 17.4 Å². The van der Waals surface area contributed by atoms with Gasteiger partial charge in [-0.1, -0.05) is 94.8 Å². The van der Waals surface area contributed by atoms with Crippen LogP contribution in [0.25, 0.3) is 11.8 Å². The fraction of sp³-hybridized carbons (Fsp3) is 0.0732. The average Bonchev–Trinajstić information content (AvgIpc) is 3.37.